The summed E-state index contributed by atoms with van der Waals surface area (Å²) in [7, 11) is 0. The van der Waals surface area contributed by atoms with Crippen molar-refractivity contribution in [2.75, 3.05) is 0 Å². The first kappa shape index (κ1) is 35.2. The molecule has 0 aliphatic carbocycles. The van der Waals surface area contributed by atoms with Crippen LogP contribution in [0.1, 0.15) is 0 Å². The van der Waals surface area contributed by atoms with E-state index in [0.29, 0.717) is 0 Å². The summed E-state index contributed by atoms with van der Waals surface area (Å²) in [6, 6.07) is 0. The molecule has 0 aromatic rings. The average Bonchev–Trinajstić information content (AvgIpc) is 0. The number of hydrogen-bond acceptors (Lipinski definition) is 0. The molecule has 0 rings (SSSR count). The summed E-state index contributed by atoms with van der Waals surface area (Å²) in [5.74, 6) is 0. The fraction of sp³-hybridized carbons (Fsp3) is 0. The van der Waals surface area contributed by atoms with Crippen molar-refractivity contribution in [2.45, 2.75) is 0 Å². The first-order chi connectivity index (χ1) is 0. The van der Waals surface area contributed by atoms with Gasteiger partial charge >= 0.3 is 117 Å². The van der Waals surface area contributed by atoms with Crippen LogP contribution >= 0.6 is 0 Å². The Bertz CT molecular complexity index is 11.6. The van der Waals surface area contributed by atoms with E-state index < -0.39 is 0 Å². The molecule has 1 nitrogen and oxygen atoms in total. The van der Waals surface area contributed by atoms with E-state index >= 15 is 0 Å². The van der Waals surface area contributed by atoms with Gasteiger partial charge in [0, 0.05) is 0 Å². The van der Waals surface area contributed by atoms with Gasteiger partial charge < -0.3 is 19.0 Å². The second-order valence-electron chi connectivity index (χ2n) is 0. The van der Waals surface area contributed by atoms with Crippen LogP contribution in [0.25, 0.3) is 0 Å². The fourth-order valence-corrected chi connectivity index (χ4v) is 0. The van der Waals surface area contributed by atoms with Crippen LogP contribution in [0.5, 0.6) is 0 Å². The van der Waals surface area contributed by atoms with Gasteiger partial charge in [-0.25, -0.2) is 0 Å². The van der Waals surface area contributed by atoms with Crippen molar-refractivity contribution in [1.29, 1.82) is 0 Å². The van der Waals surface area contributed by atoms with Crippen LogP contribution in [0.2, 0.25) is 0 Å². The van der Waals surface area contributed by atoms with Crippen molar-refractivity contribution in [1.82, 2.24) is 0 Å². The second kappa shape index (κ2) is 24.2. The van der Waals surface area contributed by atoms with Crippen LogP contribution in [0.3, 0.4) is 0 Å². The predicted molar refractivity (Wildman–Crippen MR) is 8.05 cm³/mol. The molecule has 0 atom stereocenters. The van der Waals surface area contributed by atoms with E-state index in [1.165, 1.54) is 0 Å². The fourth-order valence-electron chi connectivity index (χ4n) is 0. The van der Waals surface area contributed by atoms with Gasteiger partial charge in [0.1, 0.15) is 0 Å². The minimum atomic E-state index is 0. The van der Waals surface area contributed by atoms with Gasteiger partial charge in [0.05, 0.1) is 0 Å². The maximum absolute atomic E-state index is 0. The van der Waals surface area contributed by atoms with Crippen LogP contribution < -0.4 is 0 Å². The van der Waals surface area contributed by atoms with E-state index in [0.717, 1.165) is 0 Å². The summed E-state index contributed by atoms with van der Waals surface area (Å²) >= 11 is 0. The molecule has 0 saturated heterocycles. The third-order valence-corrected chi connectivity index (χ3v) is 0. The van der Waals surface area contributed by atoms with E-state index in [4.69, 9.17) is 0 Å². The average molecular weight is 479 g/mol. The van der Waals surface area contributed by atoms with Crippen molar-refractivity contribution >= 4 is 13.5 Å². The maximum atomic E-state index is 0. The Balaban J connectivity index is 0. The molecule has 5 heavy (non-hydrogen) atoms. The number of rotatable bonds is 0. The van der Waals surface area contributed by atoms with E-state index in [9.17, 15) is 0 Å². The van der Waals surface area contributed by atoms with Crippen molar-refractivity contribution in [3.63, 3.8) is 0 Å². The van der Waals surface area contributed by atoms with E-state index in [-0.39, 0.29) is 135 Å². The largest absolute Gasteiger partial charge is 3.00 e. The third kappa shape index (κ3) is 17.9. The van der Waals surface area contributed by atoms with Gasteiger partial charge in [0.25, 0.3) is 0 Å². The molecule has 0 bridgehead atoms. The summed E-state index contributed by atoms with van der Waals surface area (Å²) in [6.45, 7) is 0. The second-order valence-corrected chi connectivity index (χ2v) is 0. The van der Waals surface area contributed by atoms with Crippen molar-refractivity contribution < 1.29 is 122 Å². The minimum Gasteiger partial charge on any atom is -2.00 e. The van der Waals surface area contributed by atoms with Gasteiger partial charge in [-0.15, -0.1) is 0 Å². The Labute approximate surface area is 131 Å². The molecule has 0 amide bonds. The zero-order valence-corrected chi connectivity index (χ0v) is 9.09. The van der Waals surface area contributed by atoms with Gasteiger partial charge in [-0.1, -0.05) is 0 Å². The Morgan fingerprint density at radius 3 is 1.00 bits per heavy atom. The smallest absolute Gasteiger partial charge is 2.00 e. The summed E-state index contributed by atoms with van der Waals surface area (Å²) in [5.41, 5.74) is 0. The molecule has 0 N–H and O–H groups in total. The van der Waals surface area contributed by atoms with Crippen molar-refractivity contribution in [3.05, 3.63) is 0 Å². The van der Waals surface area contributed by atoms with Gasteiger partial charge in [-0.3, -0.25) is 0 Å². The summed E-state index contributed by atoms with van der Waals surface area (Å²) in [5, 5.41) is 0. The Morgan fingerprint density at radius 1 is 1.00 bits per heavy atom. The summed E-state index contributed by atoms with van der Waals surface area (Å²) in [6.07, 6.45) is 0. The predicted octanol–water partition coefficient (Wildman–Crippen LogP) is -0.124. The molecule has 0 aliphatic rings. The van der Waals surface area contributed by atoms with Crippen molar-refractivity contribution in [3.8, 4) is 0 Å². The minimum absolute atomic E-state index is 0. The van der Waals surface area contributed by atoms with Crippen molar-refractivity contribution in [2.24, 2.45) is 0 Å². The molecule has 0 saturated carbocycles. The summed E-state index contributed by atoms with van der Waals surface area (Å²) in [4.78, 5) is 0. The van der Waals surface area contributed by atoms with E-state index in [2.05, 4.69) is 0 Å². The molecule has 0 heterocycles. The Hall–Kier alpha value is 4.17. The Morgan fingerprint density at radius 2 is 1.00 bits per heavy atom. The molecule has 37 valence electrons. The molecule has 0 aromatic carbocycles. The summed E-state index contributed by atoms with van der Waals surface area (Å²) < 4.78 is 0. The number of hydrogen-bond donors (Lipinski definition) is 0. The molecular weight excluding hydrogens is 479 g/mol. The Kier molecular flexibility index (Phi) is 170. The quantitative estimate of drug-likeness (QED) is 0.464. The van der Waals surface area contributed by atoms with Gasteiger partial charge in [0.2, 0.25) is 0 Å². The van der Waals surface area contributed by atoms with Crippen LogP contribution in [0.4, 0.5) is 0 Å². The van der Waals surface area contributed by atoms with Crippen LogP contribution in [0, 0.1) is 83.8 Å². The first-order valence-electron chi connectivity index (χ1n) is 0. The van der Waals surface area contributed by atoms with Gasteiger partial charge in [-0.2, -0.15) is 0 Å². The standard InChI is InChI=1S/O.S.Tm.Y.Yb/q2*-2;3*+3. The van der Waals surface area contributed by atoms with Gasteiger partial charge in [0.15, 0.2) is 0 Å². The third-order valence-electron chi connectivity index (χ3n) is 0. The molecule has 0 spiro atoms. The van der Waals surface area contributed by atoms with E-state index in [1.807, 2.05) is 0 Å². The maximum Gasteiger partial charge on any atom is 3.00 e. The topological polar surface area (TPSA) is 28.5 Å². The zero-order valence-electron chi connectivity index (χ0n) is 1.94. The first-order valence-corrected chi connectivity index (χ1v) is 0. The molecule has 0 fully saturated rings. The molecule has 0 aliphatic heterocycles. The molecule has 1 radical (unpaired) electrons. The molecule has 0 unspecified atom stereocenters. The van der Waals surface area contributed by atoms with Gasteiger partial charge in [-0.05, 0) is 0 Å². The van der Waals surface area contributed by atoms with E-state index in [1.54, 1.807) is 0 Å². The molecule has 5 heteroatoms. The SMILES string of the molecule is [O-2].[S-2].[Tm+3].[Y+3].[Yb+3]. The normalized spacial score (nSPS) is 0. The molecular formula is OSTmYYb+5. The van der Waals surface area contributed by atoms with Crippen LogP contribution in [-0.2, 0) is 51.7 Å². The monoisotopic (exact) mass is 480 g/mol. The van der Waals surface area contributed by atoms with Crippen LogP contribution in [-0.4, -0.2) is 0 Å². The van der Waals surface area contributed by atoms with Crippen LogP contribution in [0.15, 0.2) is 0 Å². The molecule has 0 aromatic heterocycles. The zero-order chi connectivity index (χ0) is 0.